The average Bonchev–Trinajstić information content (AvgIpc) is 3.26. The van der Waals surface area contributed by atoms with Crippen molar-refractivity contribution in [2.75, 3.05) is 14.2 Å². The number of para-hydroxylation sites is 1. The Morgan fingerprint density at radius 3 is 2.55 bits per heavy atom. The van der Waals surface area contributed by atoms with Crippen LogP contribution in [0.5, 0.6) is 11.5 Å². The minimum atomic E-state index is -0.629. The summed E-state index contributed by atoms with van der Waals surface area (Å²) in [5, 5.41) is 1.11. The molecule has 2 aliphatic rings. The molecule has 0 spiro atoms. The molecule has 0 aliphatic carbocycles. The Hall–Kier alpha value is -3.48. The van der Waals surface area contributed by atoms with Gasteiger partial charge in [-0.3, -0.25) is 9.69 Å². The number of aromatic nitrogens is 1. The van der Waals surface area contributed by atoms with Crippen LogP contribution in [0, 0.1) is 0 Å². The van der Waals surface area contributed by atoms with Crippen molar-refractivity contribution in [3.05, 3.63) is 59.3 Å². The molecule has 7 nitrogen and oxygen atoms in total. The van der Waals surface area contributed by atoms with Gasteiger partial charge in [-0.2, -0.15) is 0 Å². The largest absolute Gasteiger partial charge is 0.493 e. The summed E-state index contributed by atoms with van der Waals surface area (Å²) in [6, 6.07) is 12.8. The lowest BCUT2D eigenvalue weighted by molar-refractivity contribution is -0.129. The zero-order valence-electron chi connectivity index (χ0n) is 18.1. The normalized spacial score (nSPS) is 19.5. The molecule has 1 fully saturated rings. The second kappa shape index (κ2) is 6.77. The van der Waals surface area contributed by atoms with Crippen LogP contribution in [0.2, 0.25) is 0 Å². The minimum absolute atomic E-state index is 0.163. The molecule has 31 heavy (non-hydrogen) atoms. The van der Waals surface area contributed by atoms with E-state index in [1.807, 2.05) is 38.1 Å². The number of amides is 3. The van der Waals surface area contributed by atoms with Crippen LogP contribution in [0.4, 0.5) is 4.79 Å². The van der Waals surface area contributed by atoms with Crippen LogP contribution in [-0.4, -0.2) is 47.0 Å². The molecule has 2 aromatic carbocycles. The van der Waals surface area contributed by atoms with Gasteiger partial charge in [0.25, 0.3) is 5.91 Å². The topological polar surface area (TPSA) is 74.9 Å². The summed E-state index contributed by atoms with van der Waals surface area (Å²) < 4.78 is 10.7. The van der Waals surface area contributed by atoms with E-state index in [1.165, 1.54) is 4.90 Å². The number of methoxy groups -OCH3 is 2. The summed E-state index contributed by atoms with van der Waals surface area (Å²) in [6.07, 6.45) is 0.510. The number of nitrogens with zero attached hydrogens (tertiary/aromatic N) is 2. The van der Waals surface area contributed by atoms with Gasteiger partial charge in [-0.25, -0.2) is 4.79 Å². The van der Waals surface area contributed by atoms with Crippen LogP contribution >= 0.6 is 0 Å². The first-order valence-corrected chi connectivity index (χ1v) is 10.3. The lowest BCUT2D eigenvalue weighted by atomic mass is 9.85. The number of hydrogen-bond donors (Lipinski definition) is 1. The number of aromatic amines is 1. The third kappa shape index (κ3) is 2.72. The predicted octanol–water partition coefficient (Wildman–Crippen LogP) is 3.81. The molecule has 3 aromatic rings. The molecule has 1 atom stereocenters. The van der Waals surface area contributed by atoms with Crippen molar-refractivity contribution in [2.45, 2.75) is 38.4 Å². The molecule has 7 heteroatoms. The third-order valence-electron chi connectivity index (χ3n) is 6.51. The van der Waals surface area contributed by atoms with Crippen molar-refractivity contribution in [1.82, 2.24) is 14.8 Å². The van der Waals surface area contributed by atoms with E-state index in [0.29, 0.717) is 17.9 Å². The van der Waals surface area contributed by atoms with Gasteiger partial charge in [-0.1, -0.05) is 24.3 Å². The van der Waals surface area contributed by atoms with Crippen molar-refractivity contribution < 1.29 is 19.1 Å². The summed E-state index contributed by atoms with van der Waals surface area (Å²) in [7, 11) is 3.14. The quantitative estimate of drug-likeness (QED) is 0.653. The molecule has 160 valence electrons. The van der Waals surface area contributed by atoms with E-state index in [1.54, 1.807) is 31.3 Å². The number of H-pyrrole nitrogens is 1. The van der Waals surface area contributed by atoms with E-state index >= 15 is 0 Å². The van der Waals surface area contributed by atoms with E-state index in [9.17, 15) is 9.59 Å². The number of fused-ring (bicyclic) bond motifs is 4. The number of ether oxygens (including phenoxy) is 2. The Morgan fingerprint density at radius 2 is 1.81 bits per heavy atom. The molecule has 0 unspecified atom stereocenters. The van der Waals surface area contributed by atoms with Crippen LogP contribution in [-0.2, 0) is 23.3 Å². The number of urea groups is 1. The fraction of sp³-hybridized carbons (Fsp3) is 0.333. The first kappa shape index (κ1) is 19.5. The molecular weight excluding hydrogens is 394 g/mol. The van der Waals surface area contributed by atoms with Crippen LogP contribution in [0.25, 0.3) is 10.9 Å². The van der Waals surface area contributed by atoms with Gasteiger partial charge in [0.05, 0.1) is 26.3 Å². The van der Waals surface area contributed by atoms with Crippen molar-refractivity contribution in [2.24, 2.45) is 0 Å². The maximum absolute atomic E-state index is 13.4. The summed E-state index contributed by atoms with van der Waals surface area (Å²) in [6.45, 7) is 4.19. The van der Waals surface area contributed by atoms with Crippen LogP contribution in [0.3, 0.4) is 0 Å². The number of carbonyl (C=O) groups is 2. The van der Waals surface area contributed by atoms with Gasteiger partial charge in [-0.05, 0) is 43.2 Å². The Labute approximate surface area is 180 Å². The van der Waals surface area contributed by atoms with Gasteiger partial charge in [0.15, 0.2) is 11.5 Å². The molecule has 3 heterocycles. The minimum Gasteiger partial charge on any atom is -0.493 e. The second-order valence-corrected chi connectivity index (χ2v) is 8.57. The Morgan fingerprint density at radius 1 is 1.06 bits per heavy atom. The number of benzene rings is 2. The van der Waals surface area contributed by atoms with Gasteiger partial charge >= 0.3 is 6.03 Å². The van der Waals surface area contributed by atoms with Gasteiger partial charge in [0, 0.05) is 23.0 Å². The van der Waals surface area contributed by atoms with E-state index < -0.39 is 11.6 Å². The zero-order valence-corrected chi connectivity index (χ0v) is 18.1. The zero-order chi connectivity index (χ0) is 21.9. The monoisotopic (exact) mass is 419 g/mol. The number of imide groups is 1. The molecule has 3 amide bonds. The summed E-state index contributed by atoms with van der Waals surface area (Å²) >= 11 is 0. The Kier molecular flexibility index (Phi) is 4.25. The summed E-state index contributed by atoms with van der Waals surface area (Å²) in [5.41, 5.74) is 3.33. The molecule has 2 aliphatic heterocycles. The fourth-order valence-electron chi connectivity index (χ4n) is 5.01. The van der Waals surface area contributed by atoms with Crippen molar-refractivity contribution in [3.63, 3.8) is 0 Å². The number of hydrogen-bond acceptors (Lipinski definition) is 4. The van der Waals surface area contributed by atoms with Crippen LogP contribution in [0.15, 0.2) is 42.5 Å². The second-order valence-electron chi connectivity index (χ2n) is 8.57. The third-order valence-corrected chi connectivity index (χ3v) is 6.51. The Bertz CT molecular complexity index is 1210. The van der Waals surface area contributed by atoms with E-state index in [2.05, 4.69) is 11.1 Å². The molecule has 0 radical (unpaired) electrons. The lowest BCUT2D eigenvalue weighted by Gasteiger charge is -2.42. The lowest BCUT2D eigenvalue weighted by Crippen LogP contribution is -2.52. The van der Waals surface area contributed by atoms with Gasteiger partial charge in [0.2, 0.25) is 0 Å². The Balaban J connectivity index is 1.51. The van der Waals surface area contributed by atoms with E-state index in [-0.39, 0.29) is 18.5 Å². The fourth-order valence-corrected chi connectivity index (χ4v) is 5.01. The first-order chi connectivity index (χ1) is 14.9. The SMILES string of the molecule is COc1ccc(CN2C(=O)[C@@H]3Cc4c([nH]c5ccccc45)C(C)(C)N3C2=O)cc1OC. The number of carbonyl (C=O) groups excluding carboxylic acids is 2. The highest BCUT2D eigenvalue weighted by Gasteiger charge is 2.55. The first-order valence-electron chi connectivity index (χ1n) is 10.3. The average molecular weight is 419 g/mol. The van der Waals surface area contributed by atoms with Crippen molar-refractivity contribution >= 4 is 22.8 Å². The molecule has 0 saturated carbocycles. The number of nitrogens with one attached hydrogen (secondary N) is 1. The summed E-state index contributed by atoms with van der Waals surface area (Å²) in [4.78, 5) is 33.4. The number of rotatable bonds is 4. The molecule has 1 saturated heterocycles. The van der Waals surface area contributed by atoms with Gasteiger partial charge < -0.3 is 19.4 Å². The molecule has 1 aromatic heterocycles. The highest BCUT2D eigenvalue weighted by atomic mass is 16.5. The maximum Gasteiger partial charge on any atom is 0.328 e. The molecule has 0 bridgehead atoms. The van der Waals surface area contributed by atoms with Crippen LogP contribution in [0.1, 0.15) is 30.7 Å². The van der Waals surface area contributed by atoms with Crippen molar-refractivity contribution in [1.29, 1.82) is 0 Å². The molecular formula is C24H25N3O4. The molecule has 1 N–H and O–H groups in total. The predicted molar refractivity (Wildman–Crippen MR) is 116 cm³/mol. The van der Waals surface area contributed by atoms with E-state index in [0.717, 1.165) is 27.7 Å². The van der Waals surface area contributed by atoms with Gasteiger partial charge in [-0.15, -0.1) is 0 Å². The van der Waals surface area contributed by atoms with E-state index in [4.69, 9.17) is 9.47 Å². The standard InChI is InChI=1S/C24H25N3O4/c1-24(2)21-16(15-7-5-6-8-17(15)25-21)12-18-22(28)26(23(29)27(18)24)13-14-9-10-19(30-3)20(11-14)31-4/h5-11,18,25H,12-13H2,1-4H3/t18-/m0/s1. The van der Waals surface area contributed by atoms with Crippen molar-refractivity contribution in [3.8, 4) is 11.5 Å². The highest BCUT2D eigenvalue weighted by molar-refractivity contribution is 6.05. The van der Waals surface area contributed by atoms with Crippen LogP contribution < -0.4 is 9.47 Å². The highest BCUT2D eigenvalue weighted by Crippen LogP contribution is 2.44. The maximum atomic E-state index is 13.4. The smallest absolute Gasteiger partial charge is 0.328 e. The van der Waals surface area contributed by atoms with Gasteiger partial charge in [0.1, 0.15) is 6.04 Å². The summed E-state index contributed by atoms with van der Waals surface area (Å²) in [5.74, 6) is 1.01. The molecule has 5 rings (SSSR count).